The van der Waals surface area contributed by atoms with Gasteiger partial charge in [0.1, 0.15) is 5.69 Å². The standard InChI is InChI=1S/C15H13N3O2/c19-14-10-1-3-16-9-12(10)15(20)13-11(14)2-4-18(13)8-7-17-5-6-17/h1-4,9H,5-8H2. The monoisotopic (exact) mass is 267 g/mol. The second kappa shape index (κ2) is 4.11. The first-order valence-corrected chi connectivity index (χ1v) is 6.70. The summed E-state index contributed by atoms with van der Waals surface area (Å²) in [6.45, 7) is 3.92. The van der Waals surface area contributed by atoms with Gasteiger partial charge in [0.2, 0.25) is 5.78 Å². The molecule has 0 bridgehead atoms. The zero-order chi connectivity index (χ0) is 13.7. The second-order valence-corrected chi connectivity index (χ2v) is 5.19. The molecule has 0 unspecified atom stereocenters. The van der Waals surface area contributed by atoms with Crippen LogP contribution in [-0.4, -0.2) is 45.7 Å². The van der Waals surface area contributed by atoms with Crippen LogP contribution in [0.3, 0.4) is 0 Å². The van der Waals surface area contributed by atoms with Crippen LogP contribution in [0, 0.1) is 0 Å². The molecule has 1 aliphatic heterocycles. The number of fused-ring (bicyclic) bond motifs is 2. The summed E-state index contributed by atoms with van der Waals surface area (Å²) in [5, 5.41) is 0. The van der Waals surface area contributed by atoms with Crippen molar-refractivity contribution in [2.24, 2.45) is 0 Å². The van der Waals surface area contributed by atoms with E-state index in [9.17, 15) is 9.59 Å². The van der Waals surface area contributed by atoms with E-state index in [-0.39, 0.29) is 11.6 Å². The van der Waals surface area contributed by atoms with Crippen LogP contribution >= 0.6 is 0 Å². The van der Waals surface area contributed by atoms with Gasteiger partial charge >= 0.3 is 0 Å². The molecule has 1 fully saturated rings. The summed E-state index contributed by atoms with van der Waals surface area (Å²) in [4.78, 5) is 31.2. The fraction of sp³-hybridized carbons (Fsp3) is 0.267. The average molecular weight is 267 g/mol. The van der Waals surface area contributed by atoms with Crippen LogP contribution in [0.15, 0.2) is 30.7 Å². The first-order chi connectivity index (χ1) is 9.75. The van der Waals surface area contributed by atoms with E-state index in [2.05, 4.69) is 9.88 Å². The molecule has 0 atom stereocenters. The van der Waals surface area contributed by atoms with Crippen molar-refractivity contribution in [3.63, 3.8) is 0 Å². The van der Waals surface area contributed by atoms with E-state index in [0.29, 0.717) is 22.4 Å². The summed E-state index contributed by atoms with van der Waals surface area (Å²) in [7, 11) is 0. The van der Waals surface area contributed by atoms with Crippen molar-refractivity contribution in [3.05, 3.63) is 53.1 Å². The lowest BCUT2D eigenvalue weighted by Crippen LogP contribution is -2.24. The number of pyridine rings is 1. The molecule has 4 rings (SSSR count). The molecule has 0 spiro atoms. The van der Waals surface area contributed by atoms with Gasteiger partial charge in [-0.1, -0.05) is 0 Å². The number of rotatable bonds is 3. The highest BCUT2D eigenvalue weighted by Gasteiger charge is 2.32. The summed E-state index contributed by atoms with van der Waals surface area (Å²) in [5.74, 6) is -0.180. The number of hydrogen-bond donors (Lipinski definition) is 0. The van der Waals surface area contributed by atoms with E-state index in [1.165, 1.54) is 6.20 Å². The van der Waals surface area contributed by atoms with Crippen molar-refractivity contribution in [2.75, 3.05) is 19.6 Å². The largest absolute Gasteiger partial charge is 0.343 e. The molecule has 5 heteroatoms. The van der Waals surface area contributed by atoms with Crippen molar-refractivity contribution in [3.8, 4) is 0 Å². The molecule has 1 saturated heterocycles. The van der Waals surface area contributed by atoms with Gasteiger partial charge in [0.15, 0.2) is 5.78 Å². The molecule has 0 saturated carbocycles. The minimum absolute atomic E-state index is 0.0810. The SMILES string of the molecule is O=C1c2ccncc2C(=O)c2c1ccn2CCN1CC1. The topological polar surface area (TPSA) is 55.0 Å². The van der Waals surface area contributed by atoms with E-state index < -0.39 is 0 Å². The van der Waals surface area contributed by atoms with Crippen LogP contribution in [0.5, 0.6) is 0 Å². The summed E-state index contributed by atoms with van der Waals surface area (Å²) in [6, 6.07) is 3.37. The molecule has 5 nitrogen and oxygen atoms in total. The lowest BCUT2D eigenvalue weighted by Gasteiger charge is -2.16. The van der Waals surface area contributed by atoms with Gasteiger partial charge in [0.05, 0.1) is 11.1 Å². The number of carbonyl (C=O) groups excluding carboxylic acids is 2. The molecule has 1 aliphatic carbocycles. The Labute approximate surface area is 115 Å². The first kappa shape index (κ1) is 11.5. The Morgan fingerprint density at radius 1 is 1.00 bits per heavy atom. The number of hydrogen-bond acceptors (Lipinski definition) is 4. The third-order valence-corrected chi connectivity index (χ3v) is 3.93. The first-order valence-electron chi connectivity index (χ1n) is 6.70. The number of nitrogens with zero attached hydrogens (tertiary/aromatic N) is 3. The van der Waals surface area contributed by atoms with Gasteiger partial charge in [-0.2, -0.15) is 0 Å². The fourth-order valence-electron chi connectivity index (χ4n) is 2.68. The molecule has 2 aromatic rings. The number of carbonyl (C=O) groups is 2. The second-order valence-electron chi connectivity index (χ2n) is 5.19. The predicted molar refractivity (Wildman–Crippen MR) is 72.0 cm³/mol. The van der Waals surface area contributed by atoms with Gasteiger partial charge in [0, 0.05) is 50.3 Å². The highest BCUT2D eigenvalue weighted by atomic mass is 16.1. The molecule has 0 amide bonds. The Bertz CT molecular complexity index is 728. The van der Waals surface area contributed by atoms with Crippen LogP contribution in [0.2, 0.25) is 0 Å². The normalized spacial score (nSPS) is 17.0. The Hall–Kier alpha value is -2.27. The average Bonchev–Trinajstić information content (AvgIpc) is 3.21. The third-order valence-electron chi connectivity index (χ3n) is 3.93. The van der Waals surface area contributed by atoms with Crippen LogP contribution in [-0.2, 0) is 6.54 Å². The van der Waals surface area contributed by atoms with E-state index in [1.807, 2.05) is 10.8 Å². The maximum absolute atomic E-state index is 12.6. The van der Waals surface area contributed by atoms with Gasteiger partial charge in [-0.05, 0) is 12.1 Å². The van der Waals surface area contributed by atoms with Gasteiger partial charge in [-0.25, -0.2) is 0 Å². The van der Waals surface area contributed by atoms with Crippen molar-refractivity contribution in [2.45, 2.75) is 6.54 Å². The lowest BCUT2D eigenvalue weighted by atomic mass is 9.89. The molecule has 20 heavy (non-hydrogen) atoms. The van der Waals surface area contributed by atoms with E-state index in [0.717, 1.165) is 26.2 Å². The van der Waals surface area contributed by atoms with Crippen molar-refractivity contribution in [1.82, 2.24) is 14.5 Å². The summed E-state index contributed by atoms with van der Waals surface area (Å²) < 4.78 is 1.89. The lowest BCUT2D eigenvalue weighted by molar-refractivity contribution is 0.0973. The molecular formula is C15H13N3O2. The minimum atomic E-state index is -0.0986. The molecule has 3 heterocycles. The van der Waals surface area contributed by atoms with Gasteiger partial charge in [-0.3, -0.25) is 19.5 Å². The number of ketones is 2. The predicted octanol–water partition coefficient (Wildman–Crippen LogP) is 0.974. The summed E-state index contributed by atoms with van der Waals surface area (Å²) in [6.07, 6.45) is 4.87. The van der Waals surface area contributed by atoms with Crippen LogP contribution in [0.4, 0.5) is 0 Å². The van der Waals surface area contributed by atoms with Crippen LogP contribution in [0.1, 0.15) is 32.0 Å². The van der Waals surface area contributed by atoms with Crippen molar-refractivity contribution >= 4 is 11.6 Å². The highest BCUT2D eigenvalue weighted by Crippen LogP contribution is 2.27. The maximum Gasteiger partial charge on any atom is 0.212 e. The Kier molecular flexibility index (Phi) is 2.37. The smallest absolute Gasteiger partial charge is 0.212 e. The molecule has 0 radical (unpaired) electrons. The molecule has 0 N–H and O–H groups in total. The molecule has 2 aliphatic rings. The quantitative estimate of drug-likeness (QED) is 0.664. The molecule has 100 valence electrons. The van der Waals surface area contributed by atoms with Gasteiger partial charge in [0.25, 0.3) is 0 Å². The zero-order valence-electron chi connectivity index (χ0n) is 10.9. The highest BCUT2D eigenvalue weighted by molar-refractivity contribution is 6.27. The van der Waals surface area contributed by atoms with E-state index >= 15 is 0 Å². The zero-order valence-corrected chi connectivity index (χ0v) is 10.9. The van der Waals surface area contributed by atoms with Crippen LogP contribution < -0.4 is 0 Å². The van der Waals surface area contributed by atoms with Gasteiger partial charge in [-0.15, -0.1) is 0 Å². The van der Waals surface area contributed by atoms with E-state index in [4.69, 9.17) is 0 Å². The van der Waals surface area contributed by atoms with Gasteiger partial charge < -0.3 is 4.57 Å². The minimum Gasteiger partial charge on any atom is -0.343 e. The van der Waals surface area contributed by atoms with Crippen LogP contribution in [0.25, 0.3) is 0 Å². The Morgan fingerprint density at radius 2 is 1.85 bits per heavy atom. The third kappa shape index (κ3) is 1.63. The summed E-state index contributed by atoms with van der Waals surface area (Å²) in [5.41, 5.74) is 1.90. The molecule has 2 aromatic heterocycles. The van der Waals surface area contributed by atoms with Crippen molar-refractivity contribution in [1.29, 1.82) is 0 Å². The number of aromatic nitrogens is 2. The molecule has 0 aromatic carbocycles. The van der Waals surface area contributed by atoms with Crippen molar-refractivity contribution < 1.29 is 9.59 Å². The summed E-state index contributed by atoms with van der Waals surface area (Å²) >= 11 is 0. The Morgan fingerprint density at radius 3 is 2.65 bits per heavy atom. The van der Waals surface area contributed by atoms with E-state index in [1.54, 1.807) is 18.3 Å². The Balaban J connectivity index is 1.77. The maximum atomic E-state index is 12.6. The molecular weight excluding hydrogens is 254 g/mol. The fourth-order valence-corrected chi connectivity index (χ4v) is 2.68.